The molecule has 0 aliphatic carbocycles. The summed E-state index contributed by atoms with van der Waals surface area (Å²) < 4.78 is 57.0. The van der Waals surface area contributed by atoms with Gasteiger partial charge in [-0.15, -0.1) is 10.2 Å². The first kappa shape index (κ1) is 29.7. The number of aromatic nitrogens is 7. The molecule has 0 bridgehead atoms. The molecule has 0 aliphatic heterocycles. The van der Waals surface area contributed by atoms with Crippen LogP contribution in [-0.4, -0.2) is 52.2 Å². The summed E-state index contributed by atoms with van der Waals surface area (Å²) in [6.07, 6.45) is -2.65. The number of nitrogens with one attached hydrogen (secondary N) is 1. The third kappa shape index (κ3) is 6.99. The Balaban J connectivity index is 1.25. The minimum absolute atomic E-state index is 0.0656. The van der Waals surface area contributed by atoms with E-state index in [1.807, 2.05) is 66.9 Å². The van der Waals surface area contributed by atoms with Crippen LogP contribution in [0.25, 0.3) is 16.9 Å². The SMILES string of the molecule is CCn1c(Cn2nc(C(F)F)cc2C(F)F)nnc1SCC(=O)N/N=C\c1cn(-c2ccccc2)nc1-c1ccccc1. The number of halogens is 4. The molecule has 2 aromatic carbocycles. The maximum Gasteiger partial charge on any atom is 0.282 e. The van der Waals surface area contributed by atoms with Gasteiger partial charge in [-0.05, 0) is 25.1 Å². The van der Waals surface area contributed by atoms with E-state index in [1.54, 1.807) is 16.2 Å². The second-order valence-electron chi connectivity index (χ2n) is 9.06. The first-order chi connectivity index (χ1) is 20.8. The molecule has 43 heavy (non-hydrogen) atoms. The highest BCUT2D eigenvalue weighted by Crippen LogP contribution is 2.26. The molecule has 1 N–H and O–H groups in total. The number of hydrogen-bond acceptors (Lipinski definition) is 7. The lowest BCUT2D eigenvalue weighted by Gasteiger charge is -2.09. The lowest BCUT2D eigenvalue weighted by atomic mass is 10.1. The summed E-state index contributed by atoms with van der Waals surface area (Å²) >= 11 is 1.07. The lowest BCUT2D eigenvalue weighted by Crippen LogP contribution is -2.20. The molecule has 0 spiro atoms. The molecular formula is C28H25F4N9OS. The predicted octanol–water partition coefficient (Wildman–Crippen LogP) is 5.51. The Labute approximate surface area is 247 Å². The van der Waals surface area contributed by atoms with E-state index in [4.69, 9.17) is 5.10 Å². The van der Waals surface area contributed by atoms with Gasteiger partial charge in [0.05, 0.1) is 17.7 Å². The highest BCUT2D eigenvalue weighted by Gasteiger charge is 2.23. The van der Waals surface area contributed by atoms with E-state index in [1.165, 1.54) is 6.21 Å². The summed E-state index contributed by atoms with van der Waals surface area (Å²) in [5.74, 6) is -0.249. The summed E-state index contributed by atoms with van der Waals surface area (Å²) in [7, 11) is 0. The van der Waals surface area contributed by atoms with E-state index in [-0.39, 0.29) is 18.1 Å². The van der Waals surface area contributed by atoms with Crippen LogP contribution in [0, 0.1) is 0 Å². The highest BCUT2D eigenvalue weighted by molar-refractivity contribution is 7.99. The van der Waals surface area contributed by atoms with E-state index >= 15 is 0 Å². The van der Waals surface area contributed by atoms with Gasteiger partial charge in [-0.1, -0.05) is 60.3 Å². The van der Waals surface area contributed by atoms with Gasteiger partial charge in [0, 0.05) is 23.9 Å². The number of benzene rings is 2. The van der Waals surface area contributed by atoms with Crippen molar-refractivity contribution in [2.75, 3.05) is 5.75 Å². The zero-order valence-electron chi connectivity index (χ0n) is 22.7. The standard InChI is InChI=1S/C28H25F4N9OS/c1-2-39-23(16-41-22(27(31)32)13-21(37-41)26(29)30)34-36-28(39)43-17-24(42)35-33-14-19-15-40(20-11-7-4-8-12-20)38-25(19)18-9-5-3-6-10-18/h3-15,26-27H,2,16-17H2,1H3,(H,35,42)/b33-14-. The van der Waals surface area contributed by atoms with Gasteiger partial charge in [0.15, 0.2) is 11.0 Å². The van der Waals surface area contributed by atoms with Gasteiger partial charge in [-0.3, -0.25) is 9.48 Å². The summed E-state index contributed by atoms with van der Waals surface area (Å²) in [6.45, 7) is 1.85. The van der Waals surface area contributed by atoms with Crippen LogP contribution in [0.5, 0.6) is 0 Å². The second-order valence-corrected chi connectivity index (χ2v) is 10.00. The van der Waals surface area contributed by atoms with Crippen LogP contribution in [0.3, 0.4) is 0 Å². The smallest absolute Gasteiger partial charge is 0.282 e. The molecule has 0 saturated heterocycles. The molecule has 0 unspecified atom stereocenters. The minimum atomic E-state index is -2.99. The fraction of sp³-hybridized carbons (Fsp3) is 0.214. The molecule has 5 rings (SSSR count). The van der Waals surface area contributed by atoms with Gasteiger partial charge in [0.2, 0.25) is 0 Å². The Morgan fingerprint density at radius 1 is 1.00 bits per heavy atom. The van der Waals surface area contributed by atoms with Gasteiger partial charge in [-0.25, -0.2) is 27.7 Å². The molecule has 1 amide bonds. The van der Waals surface area contributed by atoms with Crippen molar-refractivity contribution in [3.8, 4) is 16.9 Å². The lowest BCUT2D eigenvalue weighted by molar-refractivity contribution is -0.118. The molecule has 0 fully saturated rings. The first-order valence-electron chi connectivity index (χ1n) is 13.0. The molecule has 0 aliphatic rings. The Kier molecular flexibility index (Phi) is 9.29. The van der Waals surface area contributed by atoms with Crippen molar-refractivity contribution in [3.63, 3.8) is 0 Å². The van der Waals surface area contributed by atoms with E-state index in [9.17, 15) is 22.4 Å². The average molecular weight is 612 g/mol. The number of nitrogens with zero attached hydrogens (tertiary/aromatic N) is 8. The minimum Gasteiger partial charge on any atom is -0.305 e. The van der Waals surface area contributed by atoms with Crippen molar-refractivity contribution in [2.24, 2.45) is 5.10 Å². The second kappa shape index (κ2) is 13.5. The number of carbonyl (C=O) groups is 1. The number of hydrogen-bond donors (Lipinski definition) is 1. The van der Waals surface area contributed by atoms with Gasteiger partial charge >= 0.3 is 0 Å². The van der Waals surface area contributed by atoms with Gasteiger partial charge < -0.3 is 4.57 Å². The number of carbonyl (C=O) groups excluding carboxylic acids is 1. The van der Waals surface area contributed by atoms with Crippen LogP contribution < -0.4 is 5.43 Å². The van der Waals surface area contributed by atoms with Crippen LogP contribution in [0.2, 0.25) is 0 Å². The topological polar surface area (TPSA) is 108 Å². The Morgan fingerprint density at radius 2 is 1.72 bits per heavy atom. The van der Waals surface area contributed by atoms with Crippen molar-refractivity contribution in [1.82, 2.24) is 39.8 Å². The predicted molar refractivity (Wildman–Crippen MR) is 152 cm³/mol. The molecule has 0 saturated carbocycles. The largest absolute Gasteiger partial charge is 0.305 e. The molecule has 10 nitrogen and oxygen atoms in total. The van der Waals surface area contributed by atoms with Crippen molar-refractivity contribution in [2.45, 2.75) is 38.0 Å². The fourth-order valence-corrected chi connectivity index (χ4v) is 5.02. The van der Waals surface area contributed by atoms with Crippen LogP contribution >= 0.6 is 11.8 Å². The maximum absolute atomic E-state index is 13.4. The monoisotopic (exact) mass is 611 g/mol. The molecule has 15 heteroatoms. The van der Waals surface area contributed by atoms with E-state index in [0.717, 1.165) is 27.7 Å². The van der Waals surface area contributed by atoms with Gasteiger partial charge in [0.25, 0.3) is 18.8 Å². The van der Waals surface area contributed by atoms with Gasteiger partial charge in [-0.2, -0.15) is 15.3 Å². The summed E-state index contributed by atoms with van der Waals surface area (Å²) in [5, 5.41) is 20.8. The number of rotatable bonds is 12. The third-order valence-electron chi connectivity index (χ3n) is 6.21. The summed E-state index contributed by atoms with van der Waals surface area (Å²) in [6, 6.07) is 19.9. The molecule has 5 aromatic rings. The normalized spacial score (nSPS) is 11.7. The number of thioether (sulfide) groups is 1. The van der Waals surface area contributed by atoms with Crippen molar-refractivity contribution in [1.29, 1.82) is 0 Å². The van der Waals surface area contributed by atoms with Crippen molar-refractivity contribution < 1.29 is 22.4 Å². The van der Waals surface area contributed by atoms with E-state index in [2.05, 4.69) is 25.8 Å². The molecule has 222 valence electrons. The Morgan fingerprint density at radius 3 is 2.40 bits per heavy atom. The van der Waals surface area contributed by atoms with E-state index < -0.39 is 30.1 Å². The van der Waals surface area contributed by atoms with E-state index in [0.29, 0.717) is 29.0 Å². The van der Waals surface area contributed by atoms with Gasteiger partial charge in [0.1, 0.15) is 23.6 Å². The molecule has 3 heterocycles. The molecule has 3 aromatic heterocycles. The number of alkyl halides is 4. The first-order valence-corrected chi connectivity index (χ1v) is 14.0. The van der Waals surface area contributed by atoms with Crippen LogP contribution in [0.1, 0.15) is 42.6 Å². The maximum atomic E-state index is 13.4. The van der Waals surface area contributed by atoms with Crippen LogP contribution in [0.4, 0.5) is 17.6 Å². The van der Waals surface area contributed by atoms with Crippen molar-refractivity contribution >= 4 is 23.9 Å². The Hall–Kier alpha value is -4.79. The van der Waals surface area contributed by atoms with Crippen LogP contribution in [-0.2, 0) is 17.9 Å². The average Bonchev–Trinajstić information content (AvgIpc) is 3.74. The highest BCUT2D eigenvalue weighted by atomic mass is 32.2. The van der Waals surface area contributed by atoms with Crippen LogP contribution in [0.15, 0.2) is 83.2 Å². The zero-order chi connectivity index (χ0) is 30.3. The number of amides is 1. The molecular weight excluding hydrogens is 586 g/mol. The quantitative estimate of drug-likeness (QED) is 0.0863. The summed E-state index contributed by atoms with van der Waals surface area (Å²) in [4.78, 5) is 12.6. The third-order valence-corrected chi connectivity index (χ3v) is 7.18. The number of para-hydroxylation sites is 1. The Bertz CT molecular complexity index is 1700. The fourth-order valence-electron chi connectivity index (χ4n) is 4.21. The summed E-state index contributed by atoms with van der Waals surface area (Å²) in [5.41, 5.74) is 4.24. The molecule has 0 radical (unpaired) electrons. The molecule has 0 atom stereocenters. The zero-order valence-corrected chi connectivity index (χ0v) is 23.5. The van der Waals surface area contributed by atoms with Crippen molar-refractivity contribution in [3.05, 3.63) is 95.7 Å². The number of hydrazone groups is 1.